The van der Waals surface area contributed by atoms with E-state index in [4.69, 9.17) is 15.1 Å². The smallest absolute Gasteiger partial charge is 0.223 e. The average Bonchev–Trinajstić information content (AvgIpc) is 3.39. The lowest BCUT2D eigenvalue weighted by molar-refractivity contribution is -0.131. The molecule has 0 radical (unpaired) electrons. The number of hydrogen-bond acceptors (Lipinski definition) is 5. The molecule has 0 spiro atoms. The molecule has 0 aliphatic heterocycles. The third-order valence-electron chi connectivity index (χ3n) is 6.25. The van der Waals surface area contributed by atoms with Gasteiger partial charge in [-0.2, -0.15) is 5.10 Å². The van der Waals surface area contributed by atoms with Crippen LogP contribution >= 0.6 is 11.3 Å². The SMILES string of the molecule is Cc1nc2c3ccccc3nn2c(C)c1CCC(=O)N(C)C(C)c1nc2ccccc2s1. The zero-order chi connectivity index (χ0) is 22.4. The van der Waals surface area contributed by atoms with Gasteiger partial charge in [-0.05, 0) is 57.0 Å². The minimum Gasteiger partial charge on any atom is -0.337 e. The average molecular weight is 444 g/mol. The summed E-state index contributed by atoms with van der Waals surface area (Å²) in [6.45, 7) is 6.11. The van der Waals surface area contributed by atoms with Crippen molar-refractivity contribution in [2.24, 2.45) is 0 Å². The van der Waals surface area contributed by atoms with Crippen LogP contribution in [-0.2, 0) is 11.2 Å². The highest BCUT2D eigenvalue weighted by Gasteiger charge is 2.22. The number of para-hydroxylation sites is 1. The van der Waals surface area contributed by atoms with Crippen molar-refractivity contribution in [3.8, 4) is 0 Å². The van der Waals surface area contributed by atoms with Crippen LogP contribution in [-0.4, -0.2) is 37.4 Å². The number of hydrogen-bond donors (Lipinski definition) is 0. The van der Waals surface area contributed by atoms with Crippen LogP contribution in [0.1, 0.15) is 41.3 Å². The number of rotatable bonds is 5. The number of amides is 1. The minimum absolute atomic E-state index is 0.0703. The zero-order valence-electron chi connectivity index (χ0n) is 18.7. The van der Waals surface area contributed by atoms with Crippen LogP contribution in [0.5, 0.6) is 0 Å². The third kappa shape index (κ3) is 3.42. The lowest BCUT2D eigenvalue weighted by Gasteiger charge is -2.23. The molecule has 162 valence electrons. The molecule has 7 heteroatoms. The minimum atomic E-state index is -0.0703. The van der Waals surface area contributed by atoms with Gasteiger partial charge in [-0.25, -0.2) is 14.5 Å². The predicted molar refractivity (Wildman–Crippen MR) is 129 cm³/mol. The molecule has 3 heterocycles. The van der Waals surface area contributed by atoms with Gasteiger partial charge in [-0.1, -0.05) is 24.3 Å². The molecular formula is C25H25N5OS. The van der Waals surface area contributed by atoms with Crippen LogP contribution in [0.3, 0.4) is 0 Å². The molecule has 3 aromatic heterocycles. The van der Waals surface area contributed by atoms with Crippen LogP contribution in [0.15, 0.2) is 48.5 Å². The Morgan fingerprint density at radius 2 is 1.78 bits per heavy atom. The van der Waals surface area contributed by atoms with E-state index in [1.165, 1.54) is 0 Å². The Balaban J connectivity index is 1.36. The van der Waals surface area contributed by atoms with Gasteiger partial charge in [0.05, 0.1) is 21.8 Å². The summed E-state index contributed by atoms with van der Waals surface area (Å²) in [4.78, 5) is 24.4. The van der Waals surface area contributed by atoms with Crippen molar-refractivity contribution in [3.05, 3.63) is 70.5 Å². The van der Waals surface area contributed by atoms with Crippen molar-refractivity contribution in [2.75, 3.05) is 7.05 Å². The molecule has 0 bridgehead atoms. The summed E-state index contributed by atoms with van der Waals surface area (Å²) < 4.78 is 3.05. The Morgan fingerprint density at radius 3 is 2.56 bits per heavy atom. The van der Waals surface area contributed by atoms with Gasteiger partial charge < -0.3 is 4.90 Å². The maximum Gasteiger partial charge on any atom is 0.223 e. The summed E-state index contributed by atoms with van der Waals surface area (Å²) in [6.07, 6.45) is 1.05. The number of fused-ring (bicyclic) bond motifs is 4. The Morgan fingerprint density at radius 1 is 1.06 bits per heavy atom. The highest BCUT2D eigenvalue weighted by atomic mass is 32.1. The van der Waals surface area contributed by atoms with Gasteiger partial charge in [0.15, 0.2) is 5.65 Å². The van der Waals surface area contributed by atoms with Crippen molar-refractivity contribution in [1.29, 1.82) is 0 Å². The first-order valence-electron chi connectivity index (χ1n) is 10.8. The Kier molecular flexibility index (Phi) is 5.13. The van der Waals surface area contributed by atoms with Gasteiger partial charge in [0.2, 0.25) is 5.91 Å². The summed E-state index contributed by atoms with van der Waals surface area (Å²) >= 11 is 1.65. The van der Waals surface area contributed by atoms with E-state index in [2.05, 4.69) is 13.0 Å². The lowest BCUT2D eigenvalue weighted by atomic mass is 10.1. The number of aromatic nitrogens is 4. The second kappa shape index (κ2) is 7.98. The molecule has 0 saturated heterocycles. The molecule has 1 amide bonds. The fourth-order valence-corrected chi connectivity index (χ4v) is 5.26. The fourth-order valence-electron chi connectivity index (χ4n) is 4.20. The van der Waals surface area contributed by atoms with Crippen LogP contribution in [0, 0.1) is 13.8 Å². The monoisotopic (exact) mass is 443 g/mol. The summed E-state index contributed by atoms with van der Waals surface area (Å²) in [6, 6.07) is 16.1. The van der Waals surface area contributed by atoms with Crippen molar-refractivity contribution < 1.29 is 4.79 Å². The lowest BCUT2D eigenvalue weighted by Crippen LogP contribution is -2.30. The van der Waals surface area contributed by atoms with Gasteiger partial charge in [0.25, 0.3) is 0 Å². The van der Waals surface area contributed by atoms with E-state index < -0.39 is 0 Å². The molecule has 32 heavy (non-hydrogen) atoms. The van der Waals surface area contributed by atoms with Crippen molar-refractivity contribution in [3.63, 3.8) is 0 Å². The van der Waals surface area contributed by atoms with E-state index in [9.17, 15) is 4.79 Å². The molecule has 2 aromatic carbocycles. The van der Waals surface area contributed by atoms with Gasteiger partial charge in [0, 0.05) is 30.2 Å². The largest absolute Gasteiger partial charge is 0.337 e. The summed E-state index contributed by atoms with van der Waals surface area (Å²) in [7, 11) is 1.86. The first-order valence-corrected chi connectivity index (χ1v) is 11.6. The molecule has 6 nitrogen and oxygen atoms in total. The van der Waals surface area contributed by atoms with Crippen LogP contribution in [0.25, 0.3) is 26.8 Å². The van der Waals surface area contributed by atoms with Crippen molar-refractivity contribution in [1.82, 2.24) is 24.5 Å². The summed E-state index contributed by atoms with van der Waals surface area (Å²) in [5.74, 6) is 0.0984. The van der Waals surface area contributed by atoms with Gasteiger partial charge in [0.1, 0.15) is 5.01 Å². The van der Waals surface area contributed by atoms with E-state index in [0.29, 0.717) is 12.8 Å². The van der Waals surface area contributed by atoms with E-state index in [0.717, 1.165) is 48.7 Å². The topological polar surface area (TPSA) is 63.4 Å². The van der Waals surface area contributed by atoms with Crippen molar-refractivity contribution >= 4 is 44.0 Å². The van der Waals surface area contributed by atoms with E-state index in [1.807, 2.05) is 67.9 Å². The van der Waals surface area contributed by atoms with Gasteiger partial charge in [-0.15, -0.1) is 11.3 Å². The molecule has 0 aliphatic rings. The number of benzene rings is 2. The van der Waals surface area contributed by atoms with Crippen LogP contribution < -0.4 is 0 Å². The number of carbonyl (C=O) groups is 1. The molecular weight excluding hydrogens is 418 g/mol. The maximum atomic E-state index is 13.0. The second-order valence-electron chi connectivity index (χ2n) is 8.21. The highest BCUT2D eigenvalue weighted by Crippen LogP contribution is 2.29. The molecule has 5 aromatic rings. The Bertz CT molecular complexity index is 1430. The second-order valence-corrected chi connectivity index (χ2v) is 9.28. The summed E-state index contributed by atoms with van der Waals surface area (Å²) in [5.41, 5.74) is 5.86. The molecule has 1 atom stereocenters. The normalized spacial score (nSPS) is 12.6. The fraction of sp³-hybridized carbons (Fsp3) is 0.280. The number of nitrogens with zero attached hydrogens (tertiary/aromatic N) is 5. The highest BCUT2D eigenvalue weighted by molar-refractivity contribution is 7.18. The maximum absolute atomic E-state index is 13.0. The number of carbonyl (C=O) groups excluding carboxylic acids is 1. The third-order valence-corrected chi connectivity index (χ3v) is 7.46. The molecule has 0 saturated carbocycles. The first kappa shape index (κ1) is 20.6. The Hall–Kier alpha value is -3.32. The Labute approximate surface area is 190 Å². The van der Waals surface area contributed by atoms with Crippen LogP contribution in [0.4, 0.5) is 0 Å². The first-order chi connectivity index (χ1) is 15.4. The van der Waals surface area contributed by atoms with E-state index in [-0.39, 0.29) is 11.9 Å². The summed E-state index contributed by atoms with van der Waals surface area (Å²) in [5, 5.41) is 6.73. The predicted octanol–water partition coefficient (Wildman–Crippen LogP) is 5.26. The molecule has 0 aliphatic carbocycles. The van der Waals surface area contributed by atoms with E-state index >= 15 is 0 Å². The molecule has 0 N–H and O–H groups in total. The standard InChI is InChI=1S/C25H25N5OS/c1-15-18(16(2)30-24(26-15)19-9-5-6-10-20(19)28-30)13-14-23(31)29(4)17(3)25-27-21-11-7-8-12-22(21)32-25/h5-12,17H,13-14H2,1-4H3. The molecule has 1 unspecified atom stereocenters. The van der Waals surface area contributed by atoms with Gasteiger partial charge in [-0.3, -0.25) is 4.79 Å². The van der Waals surface area contributed by atoms with Gasteiger partial charge >= 0.3 is 0 Å². The number of aryl methyl sites for hydroxylation is 2. The molecule has 0 fully saturated rings. The van der Waals surface area contributed by atoms with Crippen LogP contribution in [0.2, 0.25) is 0 Å². The van der Waals surface area contributed by atoms with E-state index in [1.54, 1.807) is 16.2 Å². The van der Waals surface area contributed by atoms with Crippen molar-refractivity contribution in [2.45, 2.75) is 39.7 Å². The zero-order valence-corrected chi connectivity index (χ0v) is 19.5. The quantitative estimate of drug-likeness (QED) is 0.372. The number of thiazole rings is 1. The molecule has 5 rings (SSSR count).